The van der Waals surface area contributed by atoms with Gasteiger partial charge < -0.3 is 10.2 Å². The zero-order valence-electron chi connectivity index (χ0n) is 24.7. The van der Waals surface area contributed by atoms with Crippen molar-refractivity contribution in [1.29, 1.82) is 0 Å². The van der Waals surface area contributed by atoms with Crippen LogP contribution in [-0.4, -0.2) is 43.8 Å². The predicted molar refractivity (Wildman–Crippen MR) is 161 cm³/mol. The molecule has 0 saturated carbocycles. The lowest BCUT2D eigenvalue weighted by Crippen LogP contribution is -2.53. The maximum absolute atomic E-state index is 14.1. The Hall–Kier alpha value is -3.64. The quantitative estimate of drug-likeness (QED) is 0.220. The first-order chi connectivity index (χ1) is 20.6. The lowest BCUT2D eigenvalue weighted by molar-refractivity contribution is -0.140. The Balaban J connectivity index is 2.15. The van der Waals surface area contributed by atoms with Gasteiger partial charge in [0.05, 0.1) is 21.2 Å². The second-order valence-corrected chi connectivity index (χ2v) is 12.6. The molecule has 0 fully saturated rings. The molecule has 3 aromatic rings. The number of nitrogens with zero attached hydrogens (tertiary/aromatic N) is 2. The van der Waals surface area contributed by atoms with Crippen molar-refractivity contribution in [1.82, 2.24) is 10.2 Å². The number of amides is 2. The normalized spacial score (nSPS) is 13.2. The number of hydrogen-bond donors (Lipinski definition) is 1. The topological polar surface area (TPSA) is 86.8 Å². The number of benzene rings is 3. The summed E-state index contributed by atoms with van der Waals surface area (Å²) in [6, 6.07) is 12.1. The smallest absolute Gasteiger partial charge is 0.352 e. The van der Waals surface area contributed by atoms with Gasteiger partial charge in [0.15, 0.2) is 0 Å². The van der Waals surface area contributed by atoms with E-state index in [1.54, 1.807) is 20.8 Å². The third-order valence-electron chi connectivity index (χ3n) is 7.08. The van der Waals surface area contributed by atoms with Gasteiger partial charge in [-0.05, 0) is 74.7 Å². The van der Waals surface area contributed by atoms with E-state index in [1.165, 1.54) is 48.5 Å². The van der Waals surface area contributed by atoms with Crippen LogP contribution in [0, 0.1) is 12.7 Å². The first-order valence-electron chi connectivity index (χ1n) is 13.9. The van der Waals surface area contributed by atoms with Crippen molar-refractivity contribution in [2.24, 2.45) is 0 Å². The second-order valence-electron chi connectivity index (χ2n) is 10.4. The van der Waals surface area contributed by atoms with Crippen LogP contribution in [0.3, 0.4) is 0 Å². The third kappa shape index (κ3) is 8.50. The molecule has 1 N–H and O–H groups in total. The van der Waals surface area contributed by atoms with Crippen molar-refractivity contribution < 1.29 is 35.6 Å². The van der Waals surface area contributed by atoms with Crippen molar-refractivity contribution in [2.75, 3.05) is 10.8 Å². The van der Waals surface area contributed by atoms with Crippen molar-refractivity contribution in [3.8, 4) is 0 Å². The van der Waals surface area contributed by atoms with Crippen molar-refractivity contribution in [3.05, 3.63) is 94.3 Å². The van der Waals surface area contributed by atoms with E-state index in [-0.39, 0.29) is 23.9 Å². The highest BCUT2D eigenvalue weighted by molar-refractivity contribution is 7.92. The number of alkyl halides is 3. The highest BCUT2D eigenvalue weighted by atomic mass is 35.5. The summed E-state index contributed by atoms with van der Waals surface area (Å²) in [5.74, 6) is -1.87. The molecule has 44 heavy (non-hydrogen) atoms. The number of anilines is 1. The van der Waals surface area contributed by atoms with Crippen LogP contribution in [0.2, 0.25) is 5.02 Å². The number of aryl methyl sites for hydroxylation is 1. The maximum atomic E-state index is 14.1. The number of hydrogen-bond acceptors (Lipinski definition) is 4. The molecule has 238 valence electrons. The summed E-state index contributed by atoms with van der Waals surface area (Å²) in [6.07, 6.45) is -4.17. The van der Waals surface area contributed by atoms with Crippen LogP contribution in [0.4, 0.5) is 23.2 Å². The summed E-state index contributed by atoms with van der Waals surface area (Å²) in [6.45, 7) is 5.91. The molecule has 0 bridgehead atoms. The van der Waals surface area contributed by atoms with E-state index in [2.05, 4.69) is 5.32 Å². The molecule has 0 aliphatic heterocycles. The predicted octanol–water partition coefficient (Wildman–Crippen LogP) is 6.72. The van der Waals surface area contributed by atoms with Crippen LogP contribution in [-0.2, 0) is 32.3 Å². The van der Waals surface area contributed by atoms with Crippen LogP contribution in [0.15, 0.2) is 71.6 Å². The van der Waals surface area contributed by atoms with E-state index >= 15 is 0 Å². The number of carbonyl (C=O) groups is 2. The van der Waals surface area contributed by atoms with E-state index in [9.17, 15) is 35.6 Å². The van der Waals surface area contributed by atoms with Crippen LogP contribution in [0.25, 0.3) is 0 Å². The molecule has 3 aromatic carbocycles. The highest BCUT2D eigenvalue weighted by Gasteiger charge is 2.37. The molecule has 0 aliphatic carbocycles. The van der Waals surface area contributed by atoms with E-state index in [4.69, 9.17) is 11.6 Å². The van der Waals surface area contributed by atoms with Crippen LogP contribution >= 0.6 is 11.6 Å². The largest absolute Gasteiger partial charge is 0.417 e. The van der Waals surface area contributed by atoms with Gasteiger partial charge in [-0.2, -0.15) is 13.2 Å². The van der Waals surface area contributed by atoms with Gasteiger partial charge >= 0.3 is 6.18 Å². The summed E-state index contributed by atoms with van der Waals surface area (Å²) < 4.78 is 83.4. The molecule has 0 heterocycles. The number of rotatable bonds is 12. The number of nitrogens with one attached hydrogen (secondary N) is 1. The minimum Gasteiger partial charge on any atom is -0.352 e. The minimum atomic E-state index is -4.91. The Bertz CT molecular complexity index is 1570. The Morgan fingerprint density at radius 2 is 1.57 bits per heavy atom. The molecule has 2 amide bonds. The Kier molecular flexibility index (Phi) is 11.4. The summed E-state index contributed by atoms with van der Waals surface area (Å²) in [5.41, 5.74) is -0.542. The van der Waals surface area contributed by atoms with E-state index in [0.717, 1.165) is 22.6 Å². The van der Waals surface area contributed by atoms with Crippen LogP contribution in [0.1, 0.15) is 50.3 Å². The molecular formula is C31H34ClF4N3O4S. The summed E-state index contributed by atoms with van der Waals surface area (Å²) in [4.78, 5) is 28.3. The SMILES string of the molecule is CCC(C)NC(=O)C(CC)N(Cc1ccc(F)cc1)C(=O)CN(c1ccc(Cl)c(C(F)(F)F)c1)S(=O)(=O)c1ccc(C)cc1. The molecule has 0 aromatic heterocycles. The first-order valence-corrected chi connectivity index (χ1v) is 15.7. The van der Waals surface area contributed by atoms with E-state index in [0.29, 0.717) is 22.4 Å². The van der Waals surface area contributed by atoms with Gasteiger partial charge in [-0.1, -0.05) is 55.3 Å². The Labute approximate surface area is 259 Å². The highest BCUT2D eigenvalue weighted by Crippen LogP contribution is 2.38. The lowest BCUT2D eigenvalue weighted by atomic mass is 10.1. The Morgan fingerprint density at radius 1 is 0.955 bits per heavy atom. The monoisotopic (exact) mass is 655 g/mol. The summed E-state index contributed by atoms with van der Waals surface area (Å²) in [7, 11) is -4.60. The minimum absolute atomic E-state index is 0.138. The zero-order valence-corrected chi connectivity index (χ0v) is 26.2. The maximum Gasteiger partial charge on any atom is 0.417 e. The molecule has 7 nitrogen and oxygen atoms in total. The van der Waals surface area contributed by atoms with E-state index < -0.39 is 62.7 Å². The standard InChI is InChI=1S/C31H34ClF4N3O4S/c1-5-21(4)37-30(41)28(6-2)38(18-22-9-11-23(33)12-10-22)29(40)19-39(44(42,43)25-14-7-20(3)8-15-25)24-13-16-27(32)26(17-24)31(34,35)36/h7-17,21,28H,5-6,18-19H2,1-4H3,(H,37,41). The molecule has 3 rings (SSSR count). The van der Waals surface area contributed by atoms with Gasteiger partial charge in [-0.15, -0.1) is 0 Å². The molecule has 13 heteroatoms. The molecule has 2 unspecified atom stereocenters. The summed E-state index contributed by atoms with van der Waals surface area (Å²) in [5, 5.41) is 2.18. The molecule has 2 atom stereocenters. The van der Waals surface area contributed by atoms with Crippen LogP contribution < -0.4 is 9.62 Å². The molecule has 0 aliphatic rings. The van der Waals surface area contributed by atoms with Crippen LogP contribution in [0.5, 0.6) is 0 Å². The average molecular weight is 656 g/mol. The number of halogens is 5. The van der Waals surface area contributed by atoms with E-state index in [1.807, 2.05) is 6.92 Å². The Morgan fingerprint density at radius 3 is 2.11 bits per heavy atom. The number of carbonyl (C=O) groups excluding carboxylic acids is 2. The molecule has 0 spiro atoms. The fourth-order valence-corrected chi connectivity index (χ4v) is 6.03. The second kappa shape index (κ2) is 14.4. The van der Waals surface area contributed by atoms with Gasteiger partial charge in [0.25, 0.3) is 10.0 Å². The van der Waals surface area contributed by atoms with Gasteiger partial charge in [-0.25, -0.2) is 12.8 Å². The number of sulfonamides is 1. The van der Waals surface area contributed by atoms with Crippen molar-refractivity contribution >= 4 is 39.1 Å². The third-order valence-corrected chi connectivity index (χ3v) is 9.20. The molecular weight excluding hydrogens is 622 g/mol. The van der Waals surface area contributed by atoms with Gasteiger partial charge in [0.2, 0.25) is 11.8 Å². The van der Waals surface area contributed by atoms with Gasteiger partial charge in [0, 0.05) is 12.6 Å². The molecule has 0 saturated heterocycles. The van der Waals surface area contributed by atoms with Crippen molar-refractivity contribution in [3.63, 3.8) is 0 Å². The molecule has 0 radical (unpaired) electrons. The summed E-state index contributed by atoms with van der Waals surface area (Å²) >= 11 is 5.81. The average Bonchev–Trinajstić information content (AvgIpc) is 2.96. The van der Waals surface area contributed by atoms with Gasteiger partial charge in [0.1, 0.15) is 18.4 Å². The first kappa shape index (κ1) is 34.8. The van der Waals surface area contributed by atoms with Crippen molar-refractivity contribution in [2.45, 2.75) is 70.2 Å². The zero-order chi connectivity index (χ0) is 32.8. The fourth-order valence-electron chi connectivity index (χ4n) is 4.40. The van der Waals surface area contributed by atoms with Gasteiger partial charge in [-0.3, -0.25) is 13.9 Å². The fraction of sp³-hybridized carbons (Fsp3) is 0.355. The lowest BCUT2D eigenvalue weighted by Gasteiger charge is -2.34.